The molecule has 0 aliphatic carbocycles. The van der Waals surface area contributed by atoms with Crippen LogP contribution >= 0.6 is 0 Å². The van der Waals surface area contributed by atoms with Gasteiger partial charge in [-0.15, -0.1) is 0 Å². The van der Waals surface area contributed by atoms with Crippen LogP contribution in [0.1, 0.15) is 11.1 Å². The molecule has 0 saturated heterocycles. The lowest BCUT2D eigenvalue weighted by molar-refractivity contribution is -0.185. The van der Waals surface area contributed by atoms with Crippen molar-refractivity contribution < 1.29 is 40.2 Å². The zero-order valence-electron chi connectivity index (χ0n) is 15.1. The summed E-state index contributed by atoms with van der Waals surface area (Å²) in [4.78, 5) is 0. The fraction of sp³-hybridized carbons (Fsp3) is 0.143. The maximum Gasteiger partial charge on any atom is 0.426 e. The van der Waals surface area contributed by atoms with Crippen LogP contribution in [0.3, 0.4) is 0 Å². The highest BCUT2D eigenvalue weighted by Crippen LogP contribution is 2.39. The molecule has 158 valence electrons. The molecule has 3 rings (SSSR count). The van der Waals surface area contributed by atoms with Gasteiger partial charge in [0.25, 0.3) is 0 Å². The molecule has 0 aliphatic rings. The molecule has 0 spiro atoms. The van der Waals surface area contributed by atoms with E-state index < -0.39 is 46.2 Å². The van der Waals surface area contributed by atoms with Crippen LogP contribution in [-0.2, 0) is 12.3 Å². The van der Waals surface area contributed by atoms with Crippen molar-refractivity contribution in [1.82, 2.24) is 0 Å². The predicted octanol–water partition coefficient (Wildman–Crippen LogP) is 6.83. The molecular weight excluding hydrogens is 417 g/mol. The Labute approximate surface area is 166 Å². The normalized spacial score (nSPS) is 12.1. The van der Waals surface area contributed by atoms with Crippen molar-refractivity contribution in [2.24, 2.45) is 0 Å². The van der Waals surface area contributed by atoms with E-state index in [4.69, 9.17) is 4.74 Å². The molecule has 3 aromatic rings. The molecule has 0 aliphatic heterocycles. The molecular formula is C21H13F7O2. The molecule has 2 nitrogen and oxygen atoms in total. The van der Waals surface area contributed by atoms with E-state index in [2.05, 4.69) is 11.3 Å². The van der Waals surface area contributed by atoms with Crippen molar-refractivity contribution >= 4 is 10.8 Å². The fourth-order valence-electron chi connectivity index (χ4n) is 2.74. The highest BCUT2D eigenvalue weighted by molar-refractivity contribution is 5.85. The smallest absolute Gasteiger partial charge is 0.426 e. The number of rotatable bonds is 6. The molecule has 0 amide bonds. The van der Waals surface area contributed by atoms with Crippen molar-refractivity contribution in [2.45, 2.75) is 12.3 Å². The molecule has 9 heteroatoms. The largest absolute Gasteiger partial charge is 0.490 e. The van der Waals surface area contributed by atoms with Gasteiger partial charge in [-0.1, -0.05) is 12.7 Å². The Balaban J connectivity index is 1.90. The van der Waals surface area contributed by atoms with Crippen LogP contribution in [0, 0.1) is 11.6 Å². The average molecular weight is 430 g/mol. The van der Waals surface area contributed by atoms with Gasteiger partial charge in [-0.05, 0) is 53.9 Å². The van der Waals surface area contributed by atoms with E-state index in [0.29, 0.717) is 11.8 Å². The molecule has 3 aromatic carbocycles. The van der Waals surface area contributed by atoms with E-state index in [1.54, 1.807) is 0 Å². The fourth-order valence-corrected chi connectivity index (χ4v) is 2.74. The zero-order valence-corrected chi connectivity index (χ0v) is 15.1. The summed E-state index contributed by atoms with van der Waals surface area (Å²) in [6.07, 6.45) is -7.59. The van der Waals surface area contributed by atoms with Crippen LogP contribution in [0.5, 0.6) is 11.5 Å². The van der Waals surface area contributed by atoms with Crippen LogP contribution in [0.4, 0.5) is 30.7 Å². The van der Waals surface area contributed by atoms with Gasteiger partial charge in [0.1, 0.15) is 35.3 Å². The van der Waals surface area contributed by atoms with Crippen LogP contribution in [-0.4, -0.2) is 6.61 Å². The molecule has 0 bridgehead atoms. The summed E-state index contributed by atoms with van der Waals surface area (Å²) in [5.74, 6) is -3.85. The number of hydrogen-bond acceptors (Lipinski definition) is 2. The van der Waals surface area contributed by atoms with E-state index in [9.17, 15) is 30.7 Å². The monoisotopic (exact) mass is 430 g/mol. The summed E-state index contributed by atoms with van der Waals surface area (Å²) < 4.78 is 105. The van der Waals surface area contributed by atoms with Gasteiger partial charge >= 0.3 is 12.3 Å². The Morgan fingerprint density at radius 3 is 2.10 bits per heavy atom. The summed E-state index contributed by atoms with van der Waals surface area (Å²) in [5.41, 5.74) is -2.58. The molecule has 0 fully saturated rings. The Morgan fingerprint density at radius 1 is 0.867 bits per heavy atom. The van der Waals surface area contributed by atoms with Crippen molar-refractivity contribution in [1.29, 1.82) is 0 Å². The van der Waals surface area contributed by atoms with Gasteiger partial charge in [0.2, 0.25) is 0 Å². The highest BCUT2D eigenvalue weighted by atomic mass is 19.4. The minimum Gasteiger partial charge on any atom is -0.490 e. The number of hydrogen-bond donors (Lipinski definition) is 0. The zero-order chi connectivity index (χ0) is 22.1. The van der Waals surface area contributed by atoms with Crippen molar-refractivity contribution in [3.05, 3.63) is 83.9 Å². The Bertz CT molecular complexity index is 1070. The minimum absolute atomic E-state index is 0.187. The average Bonchev–Trinajstić information content (AvgIpc) is 2.65. The first kappa shape index (κ1) is 21.5. The lowest BCUT2D eigenvalue weighted by atomic mass is 10.0. The SMILES string of the molecule is C=CCOc1ccc(C(F)(F)Oc2ccc3c(F)c(C(F)(F)F)c(F)cc3c2)cc1. The summed E-state index contributed by atoms with van der Waals surface area (Å²) in [6, 6.07) is 7.65. The van der Waals surface area contributed by atoms with E-state index >= 15 is 0 Å². The Hall–Kier alpha value is -3.23. The quantitative estimate of drug-likeness (QED) is 0.315. The minimum atomic E-state index is -5.24. The molecule has 0 saturated carbocycles. The summed E-state index contributed by atoms with van der Waals surface area (Å²) in [7, 11) is 0. The van der Waals surface area contributed by atoms with Gasteiger partial charge in [0.15, 0.2) is 0 Å². The third kappa shape index (κ3) is 4.34. The van der Waals surface area contributed by atoms with Gasteiger partial charge < -0.3 is 9.47 Å². The standard InChI is InChI=1S/C21H13F7O2/c1-2-9-29-14-5-3-13(4-6-14)21(27,28)30-15-7-8-16-12(10-15)11-17(22)18(19(16)23)20(24,25)26/h2-8,10-11H,1,9H2. The second kappa shape index (κ2) is 7.89. The first-order valence-electron chi connectivity index (χ1n) is 8.43. The lowest BCUT2D eigenvalue weighted by Crippen LogP contribution is -2.21. The third-order valence-corrected chi connectivity index (χ3v) is 4.09. The Kier molecular flexibility index (Phi) is 5.65. The summed E-state index contributed by atoms with van der Waals surface area (Å²) in [5, 5.41) is -0.942. The second-order valence-electron chi connectivity index (χ2n) is 6.17. The topological polar surface area (TPSA) is 18.5 Å². The number of benzene rings is 3. The maximum absolute atomic E-state index is 14.4. The van der Waals surface area contributed by atoms with Gasteiger partial charge in [-0.25, -0.2) is 8.78 Å². The maximum atomic E-state index is 14.4. The van der Waals surface area contributed by atoms with Crippen LogP contribution in [0.2, 0.25) is 0 Å². The van der Waals surface area contributed by atoms with E-state index in [0.717, 1.165) is 30.3 Å². The summed E-state index contributed by atoms with van der Waals surface area (Å²) >= 11 is 0. The number of ether oxygens (including phenoxy) is 2. The van der Waals surface area contributed by atoms with E-state index in [-0.39, 0.29) is 12.0 Å². The van der Waals surface area contributed by atoms with Crippen LogP contribution in [0.25, 0.3) is 10.8 Å². The number of halogens is 7. The first-order chi connectivity index (χ1) is 14.0. The molecule has 0 unspecified atom stereocenters. The van der Waals surface area contributed by atoms with Gasteiger partial charge in [0.05, 0.1) is 5.56 Å². The number of alkyl halides is 5. The molecule has 30 heavy (non-hydrogen) atoms. The van der Waals surface area contributed by atoms with Gasteiger partial charge in [-0.3, -0.25) is 0 Å². The molecule has 0 aromatic heterocycles. The predicted molar refractivity (Wildman–Crippen MR) is 95.5 cm³/mol. The van der Waals surface area contributed by atoms with E-state index in [1.165, 1.54) is 18.2 Å². The summed E-state index contributed by atoms with van der Waals surface area (Å²) in [6.45, 7) is 3.65. The second-order valence-corrected chi connectivity index (χ2v) is 6.17. The van der Waals surface area contributed by atoms with Crippen molar-refractivity contribution in [2.75, 3.05) is 6.61 Å². The van der Waals surface area contributed by atoms with Gasteiger partial charge in [-0.2, -0.15) is 22.0 Å². The first-order valence-corrected chi connectivity index (χ1v) is 8.43. The van der Waals surface area contributed by atoms with Crippen molar-refractivity contribution in [3.8, 4) is 11.5 Å². The number of fused-ring (bicyclic) bond motifs is 1. The molecule has 0 N–H and O–H groups in total. The highest BCUT2D eigenvalue weighted by Gasteiger charge is 2.39. The molecule has 0 atom stereocenters. The van der Waals surface area contributed by atoms with Gasteiger partial charge in [0, 0.05) is 5.39 Å². The van der Waals surface area contributed by atoms with E-state index in [1.807, 2.05) is 0 Å². The van der Waals surface area contributed by atoms with Crippen LogP contribution < -0.4 is 9.47 Å². The van der Waals surface area contributed by atoms with Crippen LogP contribution in [0.15, 0.2) is 61.2 Å². The molecule has 0 radical (unpaired) electrons. The van der Waals surface area contributed by atoms with Crippen molar-refractivity contribution in [3.63, 3.8) is 0 Å². The molecule has 0 heterocycles. The lowest BCUT2D eigenvalue weighted by Gasteiger charge is -2.19. The third-order valence-electron chi connectivity index (χ3n) is 4.09. The Morgan fingerprint density at radius 2 is 1.50 bits per heavy atom.